The molecule has 0 radical (unpaired) electrons. The SMILES string of the molecule is CCN(CC1CCCN(c2nc(-c3ccccc3O)nc3cc(C)ccc23)C1)C(=O)O. The highest BCUT2D eigenvalue weighted by Crippen LogP contribution is 2.33. The number of aryl methyl sites for hydroxylation is 1. The number of phenolic OH excluding ortho intramolecular Hbond substituents is 1. The van der Waals surface area contributed by atoms with Crippen LogP contribution < -0.4 is 4.90 Å². The summed E-state index contributed by atoms with van der Waals surface area (Å²) in [7, 11) is 0. The number of rotatable bonds is 5. The standard InChI is InChI=1S/C24H28N4O3/c1-3-27(24(30)31)14-17-7-6-12-28(15-17)23-18-11-10-16(2)13-20(18)25-22(26-23)19-8-4-5-9-21(19)29/h4-5,8-11,13,17,29H,3,6-7,12,14-15H2,1-2H3,(H,30,31). The number of aromatic hydroxyl groups is 1. The number of hydrogen-bond acceptors (Lipinski definition) is 5. The average Bonchev–Trinajstić information content (AvgIpc) is 2.76. The summed E-state index contributed by atoms with van der Waals surface area (Å²) in [6.07, 6.45) is 1.10. The highest BCUT2D eigenvalue weighted by molar-refractivity contribution is 5.92. The second-order valence-corrected chi connectivity index (χ2v) is 8.18. The summed E-state index contributed by atoms with van der Waals surface area (Å²) in [4.78, 5) is 24.8. The predicted molar refractivity (Wildman–Crippen MR) is 122 cm³/mol. The van der Waals surface area contributed by atoms with Gasteiger partial charge in [0.05, 0.1) is 11.1 Å². The Morgan fingerprint density at radius 1 is 1.23 bits per heavy atom. The van der Waals surface area contributed by atoms with Crippen LogP contribution in [0.1, 0.15) is 25.3 Å². The number of para-hydroxylation sites is 1. The molecule has 1 aliphatic rings. The summed E-state index contributed by atoms with van der Waals surface area (Å²) in [6, 6.07) is 13.2. The van der Waals surface area contributed by atoms with E-state index in [1.165, 1.54) is 4.90 Å². The highest BCUT2D eigenvalue weighted by atomic mass is 16.4. The molecule has 1 unspecified atom stereocenters. The molecular formula is C24H28N4O3. The van der Waals surface area contributed by atoms with E-state index in [1.807, 2.05) is 38.1 Å². The Balaban J connectivity index is 1.73. The van der Waals surface area contributed by atoms with E-state index in [4.69, 9.17) is 9.97 Å². The number of aromatic nitrogens is 2. The van der Waals surface area contributed by atoms with E-state index in [0.717, 1.165) is 48.2 Å². The molecule has 0 saturated carbocycles. The van der Waals surface area contributed by atoms with Crippen molar-refractivity contribution in [3.05, 3.63) is 48.0 Å². The van der Waals surface area contributed by atoms with Gasteiger partial charge in [-0.25, -0.2) is 14.8 Å². The lowest BCUT2D eigenvalue weighted by atomic mass is 9.97. The van der Waals surface area contributed by atoms with E-state index in [9.17, 15) is 15.0 Å². The van der Waals surface area contributed by atoms with Gasteiger partial charge >= 0.3 is 6.09 Å². The molecule has 7 nitrogen and oxygen atoms in total. The second kappa shape index (κ2) is 8.79. The van der Waals surface area contributed by atoms with Gasteiger partial charge in [0.15, 0.2) is 5.82 Å². The van der Waals surface area contributed by atoms with Gasteiger partial charge in [-0.05, 0) is 62.4 Å². The third kappa shape index (κ3) is 4.40. The fourth-order valence-corrected chi connectivity index (χ4v) is 4.31. The molecule has 0 aliphatic carbocycles. The van der Waals surface area contributed by atoms with E-state index < -0.39 is 6.09 Å². The van der Waals surface area contributed by atoms with E-state index in [0.29, 0.717) is 24.5 Å². The fourth-order valence-electron chi connectivity index (χ4n) is 4.31. The minimum absolute atomic E-state index is 0.150. The molecule has 162 valence electrons. The Morgan fingerprint density at radius 2 is 2.03 bits per heavy atom. The van der Waals surface area contributed by atoms with Crippen LogP contribution in [0.4, 0.5) is 10.6 Å². The topological polar surface area (TPSA) is 89.8 Å². The van der Waals surface area contributed by atoms with Crippen molar-refractivity contribution >= 4 is 22.8 Å². The first-order valence-corrected chi connectivity index (χ1v) is 10.8. The Labute approximate surface area is 182 Å². The van der Waals surface area contributed by atoms with E-state index in [-0.39, 0.29) is 11.7 Å². The van der Waals surface area contributed by atoms with Gasteiger partial charge in [-0.15, -0.1) is 0 Å². The molecule has 31 heavy (non-hydrogen) atoms. The lowest BCUT2D eigenvalue weighted by Crippen LogP contribution is -2.43. The van der Waals surface area contributed by atoms with Crippen LogP contribution in [0.5, 0.6) is 5.75 Å². The van der Waals surface area contributed by atoms with Crippen LogP contribution in [0.15, 0.2) is 42.5 Å². The number of benzene rings is 2. The monoisotopic (exact) mass is 420 g/mol. The zero-order valence-corrected chi connectivity index (χ0v) is 18.0. The van der Waals surface area contributed by atoms with Crippen LogP contribution in [0, 0.1) is 12.8 Å². The molecule has 2 N–H and O–H groups in total. The van der Waals surface area contributed by atoms with Gasteiger partial charge in [0.25, 0.3) is 0 Å². The summed E-state index contributed by atoms with van der Waals surface area (Å²) in [5.41, 5.74) is 2.55. The van der Waals surface area contributed by atoms with Gasteiger partial charge in [-0.1, -0.05) is 18.2 Å². The van der Waals surface area contributed by atoms with Gasteiger partial charge in [0.1, 0.15) is 11.6 Å². The van der Waals surface area contributed by atoms with Gasteiger partial charge < -0.3 is 20.0 Å². The highest BCUT2D eigenvalue weighted by Gasteiger charge is 2.26. The molecule has 1 atom stereocenters. The van der Waals surface area contributed by atoms with Crippen LogP contribution in [-0.2, 0) is 0 Å². The normalized spacial score (nSPS) is 16.5. The molecule has 3 aromatic rings. The lowest BCUT2D eigenvalue weighted by molar-refractivity contribution is 0.137. The predicted octanol–water partition coefficient (Wildman–Crippen LogP) is 4.53. The Kier molecular flexibility index (Phi) is 5.93. The van der Waals surface area contributed by atoms with Gasteiger partial charge in [0.2, 0.25) is 0 Å². The number of piperidine rings is 1. The molecule has 1 aromatic heterocycles. The maximum atomic E-state index is 11.5. The largest absolute Gasteiger partial charge is 0.507 e. The molecule has 2 aromatic carbocycles. The minimum Gasteiger partial charge on any atom is -0.507 e. The van der Waals surface area contributed by atoms with E-state index >= 15 is 0 Å². The number of phenols is 1. The van der Waals surface area contributed by atoms with Crippen molar-refractivity contribution in [3.63, 3.8) is 0 Å². The molecule has 0 bridgehead atoms. The zero-order valence-electron chi connectivity index (χ0n) is 18.0. The molecule has 0 spiro atoms. The van der Waals surface area contributed by atoms with Crippen molar-refractivity contribution in [3.8, 4) is 17.1 Å². The van der Waals surface area contributed by atoms with Crippen LogP contribution in [0.3, 0.4) is 0 Å². The quantitative estimate of drug-likeness (QED) is 0.630. The number of carbonyl (C=O) groups is 1. The maximum absolute atomic E-state index is 11.5. The summed E-state index contributed by atoms with van der Waals surface area (Å²) >= 11 is 0. The number of nitrogens with zero attached hydrogens (tertiary/aromatic N) is 4. The number of amides is 1. The first-order valence-electron chi connectivity index (χ1n) is 10.8. The van der Waals surface area contributed by atoms with Crippen LogP contribution in [0.2, 0.25) is 0 Å². The van der Waals surface area contributed by atoms with Crippen molar-refractivity contribution in [1.29, 1.82) is 0 Å². The lowest BCUT2D eigenvalue weighted by Gasteiger charge is -2.36. The van der Waals surface area contributed by atoms with Crippen molar-refractivity contribution < 1.29 is 15.0 Å². The number of hydrogen-bond donors (Lipinski definition) is 2. The van der Waals surface area contributed by atoms with Gasteiger partial charge in [-0.3, -0.25) is 0 Å². The van der Waals surface area contributed by atoms with Crippen molar-refractivity contribution in [2.75, 3.05) is 31.1 Å². The summed E-state index contributed by atoms with van der Waals surface area (Å²) in [5, 5.41) is 20.7. The number of carboxylic acid groups (broad SMARTS) is 1. The van der Waals surface area contributed by atoms with Gasteiger partial charge in [-0.2, -0.15) is 0 Å². The first kappa shape index (κ1) is 20.9. The molecule has 7 heteroatoms. The third-order valence-electron chi connectivity index (χ3n) is 5.93. The average molecular weight is 421 g/mol. The second-order valence-electron chi connectivity index (χ2n) is 8.18. The van der Waals surface area contributed by atoms with E-state index in [2.05, 4.69) is 11.0 Å². The molecule has 4 rings (SSSR count). The van der Waals surface area contributed by atoms with Crippen molar-refractivity contribution in [2.45, 2.75) is 26.7 Å². The molecular weight excluding hydrogens is 392 g/mol. The zero-order chi connectivity index (χ0) is 22.0. The Morgan fingerprint density at radius 3 is 2.77 bits per heavy atom. The molecule has 1 amide bonds. The smallest absolute Gasteiger partial charge is 0.407 e. The summed E-state index contributed by atoms with van der Waals surface area (Å²) in [5.74, 6) is 1.73. The van der Waals surface area contributed by atoms with Crippen LogP contribution in [0.25, 0.3) is 22.3 Å². The van der Waals surface area contributed by atoms with Gasteiger partial charge in [0, 0.05) is 31.6 Å². The third-order valence-corrected chi connectivity index (χ3v) is 5.93. The Hall–Kier alpha value is -3.35. The molecule has 1 aliphatic heterocycles. The van der Waals surface area contributed by atoms with Crippen LogP contribution >= 0.6 is 0 Å². The molecule has 1 saturated heterocycles. The summed E-state index contributed by atoms with van der Waals surface area (Å²) < 4.78 is 0. The fraction of sp³-hybridized carbons (Fsp3) is 0.375. The first-order chi connectivity index (χ1) is 15.0. The minimum atomic E-state index is -0.871. The number of fused-ring (bicyclic) bond motifs is 1. The maximum Gasteiger partial charge on any atom is 0.407 e. The van der Waals surface area contributed by atoms with Crippen LogP contribution in [-0.4, -0.2) is 57.4 Å². The van der Waals surface area contributed by atoms with E-state index in [1.54, 1.807) is 12.1 Å². The summed E-state index contributed by atoms with van der Waals surface area (Å²) in [6.45, 7) is 6.51. The Bertz CT molecular complexity index is 1100. The molecule has 2 heterocycles. The molecule has 1 fully saturated rings. The van der Waals surface area contributed by atoms with Crippen molar-refractivity contribution in [1.82, 2.24) is 14.9 Å². The number of anilines is 1. The van der Waals surface area contributed by atoms with Crippen molar-refractivity contribution in [2.24, 2.45) is 5.92 Å².